The summed E-state index contributed by atoms with van der Waals surface area (Å²) >= 11 is 0. The lowest BCUT2D eigenvalue weighted by molar-refractivity contribution is 0.689. The maximum absolute atomic E-state index is 3.24. The number of allylic oxidation sites excluding steroid dienone is 2. The Morgan fingerprint density at radius 2 is 1.39 bits per heavy atom. The number of hydrogen-bond donors (Lipinski definition) is 1. The Balaban J connectivity index is 1.99. The van der Waals surface area contributed by atoms with Crippen LogP contribution in [-0.4, -0.2) is 13.6 Å². The van der Waals surface area contributed by atoms with Crippen LogP contribution in [0.2, 0.25) is 0 Å². The smallest absolute Gasteiger partial charge is 0.0199 e. The summed E-state index contributed by atoms with van der Waals surface area (Å²) in [5, 5.41) is 3.24. The second kappa shape index (κ2) is 6.97. The van der Waals surface area contributed by atoms with E-state index in [1.807, 2.05) is 7.05 Å². The first kappa shape index (κ1) is 15.8. The molecule has 118 valence electrons. The van der Waals surface area contributed by atoms with Gasteiger partial charge in [-0.1, -0.05) is 77.9 Å². The largest absolute Gasteiger partial charge is 0.316 e. The van der Waals surface area contributed by atoms with Gasteiger partial charge in [-0.25, -0.2) is 0 Å². The Bertz CT molecular complexity index is 659. The van der Waals surface area contributed by atoms with Crippen molar-refractivity contribution in [3.8, 4) is 0 Å². The summed E-state index contributed by atoms with van der Waals surface area (Å²) in [5.41, 5.74) is 6.77. The van der Waals surface area contributed by atoms with Crippen molar-refractivity contribution in [2.45, 2.75) is 19.8 Å². The van der Waals surface area contributed by atoms with Crippen molar-refractivity contribution in [2.75, 3.05) is 13.6 Å². The van der Waals surface area contributed by atoms with E-state index in [9.17, 15) is 0 Å². The topological polar surface area (TPSA) is 12.0 Å². The fourth-order valence-corrected chi connectivity index (χ4v) is 3.31. The monoisotopic (exact) mass is 303 g/mol. The summed E-state index contributed by atoms with van der Waals surface area (Å²) in [6.07, 6.45) is 7.01. The van der Waals surface area contributed by atoms with E-state index in [1.54, 1.807) is 0 Å². The maximum Gasteiger partial charge on any atom is 0.0199 e. The third-order valence-corrected chi connectivity index (χ3v) is 4.58. The highest BCUT2D eigenvalue weighted by molar-refractivity contribution is 5.42. The van der Waals surface area contributed by atoms with Crippen molar-refractivity contribution in [3.63, 3.8) is 0 Å². The number of likely N-dealkylation sites (N-methyl/N-ethyl adjacent to an activating group) is 1. The van der Waals surface area contributed by atoms with E-state index in [0.717, 1.165) is 6.54 Å². The first-order chi connectivity index (χ1) is 11.2. The lowest BCUT2D eigenvalue weighted by atomic mass is 9.81. The second-order valence-electron chi connectivity index (χ2n) is 6.51. The van der Waals surface area contributed by atoms with Crippen LogP contribution >= 0.6 is 0 Å². The minimum Gasteiger partial charge on any atom is -0.316 e. The predicted octanol–water partition coefficient (Wildman–Crippen LogP) is 4.77. The lowest BCUT2D eigenvalue weighted by Gasteiger charge is -2.23. The van der Waals surface area contributed by atoms with Crippen LogP contribution in [-0.2, 0) is 0 Å². The molecule has 0 saturated heterocycles. The first-order valence-corrected chi connectivity index (χ1v) is 8.34. The van der Waals surface area contributed by atoms with Crippen LogP contribution in [0.5, 0.6) is 0 Å². The van der Waals surface area contributed by atoms with Gasteiger partial charge in [-0.05, 0) is 37.6 Å². The molecule has 23 heavy (non-hydrogen) atoms. The van der Waals surface area contributed by atoms with Gasteiger partial charge < -0.3 is 5.32 Å². The van der Waals surface area contributed by atoms with Crippen LogP contribution in [0.1, 0.15) is 28.2 Å². The zero-order valence-electron chi connectivity index (χ0n) is 14.2. The molecule has 0 heterocycles. The van der Waals surface area contributed by atoms with Crippen LogP contribution in [0.15, 0.2) is 72.3 Å². The second-order valence-corrected chi connectivity index (χ2v) is 6.51. The van der Waals surface area contributed by atoms with Crippen LogP contribution in [0, 0.1) is 19.8 Å². The fraction of sp³-hybridized carbons (Fsp3) is 0.273. The van der Waals surface area contributed by atoms with Gasteiger partial charge in [0, 0.05) is 18.4 Å². The average molecular weight is 303 g/mol. The summed E-state index contributed by atoms with van der Waals surface area (Å²) in [5.74, 6) is 0.797. The molecule has 2 aromatic carbocycles. The van der Waals surface area contributed by atoms with Crippen LogP contribution < -0.4 is 5.32 Å². The summed E-state index contributed by atoms with van der Waals surface area (Å²) in [4.78, 5) is 0. The van der Waals surface area contributed by atoms with Gasteiger partial charge in [-0.2, -0.15) is 0 Å². The highest BCUT2D eigenvalue weighted by Gasteiger charge is 2.24. The normalized spacial score (nSPS) is 16.9. The highest BCUT2D eigenvalue weighted by atomic mass is 14.8. The van der Waals surface area contributed by atoms with E-state index in [1.165, 1.54) is 27.8 Å². The summed E-state index contributed by atoms with van der Waals surface area (Å²) in [7, 11) is 2.00. The predicted molar refractivity (Wildman–Crippen MR) is 98.8 cm³/mol. The van der Waals surface area contributed by atoms with Crippen LogP contribution in [0.3, 0.4) is 0 Å². The Morgan fingerprint density at radius 1 is 0.870 bits per heavy atom. The van der Waals surface area contributed by atoms with Gasteiger partial charge in [-0.15, -0.1) is 0 Å². The van der Waals surface area contributed by atoms with Gasteiger partial charge in [0.15, 0.2) is 0 Å². The molecule has 0 bridgehead atoms. The van der Waals surface area contributed by atoms with E-state index in [0.29, 0.717) is 11.8 Å². The molecule has 1 aliphatic rings. The Labute approximate surface area is 139 Å². The molecule has 1 N–H and O–H groups in total. The minimum atomic E-state index is 0.377. The van der Waals surface area contributed by atoms with Gasteiger partial charge in [0.1, 0.15) is 0 Å². The SMILES string of the molecule is CNCC1=CC(C(c2ccc(C)cc2)c2ccc(C)cc2)C=C1. The molecule has 0 aromatic heterocycles. The number of rotatable bonds is 5. The van der Waals surface area contributed by atoms with E-state index in [4.69, 9.17) is 0 Å². The molecule has 1 heteroatoms. The number of hydrogen-bond acceptors (Lipinski definition) is 1. The molecule has 1 atom stereocenters. The van der Waals surface area contributed by atoms with Crippen molar-refractivity contribution in [3.05, 3.63) is 94.6 Å². The molecule has 1 unspecified atom stereocenters. The lowest BCUT2D eigenvalue weighted by Crippen LogP contribution is -2.11. The van der Waals surface area contributed by atoms with Crippen molar-refractivity contribution in [1.29, 1.82) is 0 Å². The van der Waals surface area contributed by atoms with Gasteiger partial charge in [0.25, 0.3) is 0 Å². The van der Waals surface area contributed by atoms with E-state index < -0.39 is 0 Å². The molecule has 0 radical (unpaired) electrons. The highest BCUT2D eigenvalue weighted by Crippen LogP contribution is 2.37. The molecule has 0 spiro atoms. The maximum atomic E-state index is 3.24. The van der Waals surface area contributed by atoms with Crippen molar-refractivity contribution in [2.24, 2.45) is 5.92 Å². The summed E-state index contributed by atoms with van der Waals surface area (Å²) < 4.78 is 0. The number of aryl methyl sites for hydroxylation is 2. The Kier molecular flexibility index (Phi) is 4.78. The molecule has 2 aromatic rings. The number of nitrogens with one attached hydrogen (secondary N) is 1. The van der Waals surface area contributed by atoms with E-state index >= 15 is 0 Å². The molecule has 3 rings (SSSR count). The summed E-state index contributed by atoms with van der Waals surface area (Å²) in [6.45, 7) is 5.22. The van der Waals surface area contributed by atoms with Gasteiger partial charge in [-0.3, -0.25) is 0 Å². The first-order valence-electron chi connectivity index (χ1n) is 8.34. The van der Waals surface area contributed by atoms with Gasteiger partial charge in [0.2, 0.25) is 0 Å². The number of benzene rings is 2. The summed E-state index contributed by atoms with van der Waals surface area (Å²) in [6, 6.07) is 18.0. The minimum absolute atomic E-state index is 0.377. The fourth-order valence-electron chi connectivity index (χ4n) is 3.31. The van der Waals surface area contributed by atoms with Crippen LogP contribution in [0.4, 0.5) is 0 Å². The molecule has 0 fully saturated rings. The molecule has 1 nitrogen and oxygen atoms in total. The third kappa shape index (κ3) is 3.62. The zero-order chi connectivity index (χ0) is 16.2. The standard InChI is InChI=1S/C22H25N/c1-16-4-9-19(10-5-16)22(20-11-6-17(2)7-12-20)21-13-8-18(14-21)15-23-3/h4-14,21-23H,15H2,1-3H3. The molecule has 0 aliphatic heterocycles. The molecule has 0 amide bonds. The van der Waals surface area contributed by atoms with Crippen LogP contribution in [0.25, 0.3) is 0 Å². The van der Waals surface area contributed by atoms with E-state index in [-0.39, 0.29) is 0 Å². The van der Waals surface area contributed by atoms with Gasteiger partial charge in [0.05, 0.1) is 0 Å². The molecule has 1 aliphatic carbocycles. The third-order valence-electron chi connectivity index (χ3n) is 4.58. The Morgan fingerprint density at radius 3 is 1.87 bits per heavy atom. The quantitative estimate of drug-likeness (QED) is 0.839. The zero-order valence-corrected chi connectivity index (χ0v) is 14.2. The average Bonchev–Trinajstić information content (AvgIpc) is 3.00. The molecular weight excluding hydrogens is 278 g/mol. The molecule has 0 saturated carbocycles. The van der Waals surface area contributed by atoms with Crippen molar-refractivity contribution < 1.29 is 0 Å². The Hall–Kier alpha value is -2.12. The van der Waals surface area contributed by atoms with Gasteiger partial charge >= 0.3 is 0 Å². The van der Waals surface area contributed by atoms with Crippen molar-refractivity contribution in [1.82, 2.24) is 5.32 Å². The van der Waals surface area contributed by atoms with Crippen molar-refractivity contribution >= 4 is 0 Å². The molecular formula is C22H25N. The van der Waals surface area contributed by atoms with E-state index in [2.05, 4.69) is 85.9 Å².